The summed E-state index contributed by atoms with van der Waals surface area (Å²) in [7, 11) is -2.15. The fourth-order valence-corrected chi connectivity index (χ4v) is 4.84. The van der Waals surface area contributed by atoms with Gasteiger partial charge in [0.25, 0.3) is 0 Å². The van der Waals surface area contributed by atoms with Crippen molar-refractivity contribution in [3.63, 3.8) is 0 Å². The van der Waals surface area contributed by atoms with Crippen molar-refractivity contribution >= 4 is 16.0 Å². The zero-order valence-corrected chi connectivity index (χ0v) is 17.6. The maximum absolute atomic E-state index is 13.0. The molecule has 1 aliphatic rings. The minimum absolute atomic E-state index is 0.0309. The van der Waals surface area contributed by atoms with E-state index in [4.69, 9.17) is 14.2 Å². The molecule has 2 aromatic carbocycles. The number of sulfonamides is 1. The average molecular weight is 419 g/mol. The van der Waals surface area contributed by atoms with E-state index in [1.165, 1.54) is 10.4 Å². The topological polar surface area (TPSA) is 82.1 Å². The number of benzene rings is 2. The number of nitrogens with zero attached hydrogens (tertiary/aromatic N) is 1. The lowest BCUT2D eigenvalue weighted by molar-refractivity contribution is 0.0469. The van der Waals surface area contributed by atoms with Gasteiger partial charge in [-0.3, -0.25) is 0 Å². The van der Waals surface area contributed by atoms with Crippen LogP contribution in [-0.2, 0) is 26.1 Å². The van der Waals surface area contributed by atoms with Crippen LogP contribution >= 0.6 is 0 Å². The van der Waals surface area contributed by atoms with Crippen molar-refractivity contribution in [2.75, 3.05) is 33.4 Å². The second kappa shape index (κ2) is 8.94. The molecule has 0 unspecified atom stereocenters. The Morgan fingerprint density at radius 3 is 2.52 bits per heavy atom. The van der Waals surface area contributed by atoms with Gasteiger partial charge in [-0.25, -0.2) is 13.2 Å². The molecule has 7 nitrogen and oxygen atoms in total. The van der Waals surface area contributed by atoms with Crippen LogP contribution in [0.2, 0.25) is 0 Å². The number of hydrogen-bond donors (Lipinski definition) is 0. The molecule has 0 aromatic heterocycles. The van der Waals surface area contributed by atoms with E-state index in [1.807, 2.05) is 25.1 Å². The minimum atomic E-state index is -3.71. The first-order valence-electron chi connectivity index (χ1n) is 9.32. The molecule has 156 valence electrons. The molecule has 0 spiro atoms. The van der Waals surface area contributed by atoms with Crippen LogP contribution in [0.5, 0.6) is 5.75 Å². The number of rotatable bonds is 6. The quantitative estimate of drug-likeness (QED) is 0.670. The first-order chi connectivity index (χ1) is 13.8. The van der Waals surface area contributed by atoms with Crippen molar-refractivity contribution in [3.05, 3.63) is 58.7 Å². The van der Waals surface area contributed by atoms with Gasteiger partial charge < -0.3 is 14.2 Å². The molecule has 0 saturated carbocycles. The lowest BCUT2D eigenvalue weighted by Gasteiger charge is -2.26. The minimum Gasteiger partial charge on any atom is -0.496 e. The number of hydrogen-bond acceptors (Lipinski definition) is 6. The molecule has 29 heavy (non-hydrogen) atoms. The van der Waals surface area contributed by atoms with Crippen LogP contribution in [0.3, 0.4) is 0 Å². The molecule has 1 aliphatic heterocycles. The summed E-state index contributed by atoms with van der Waals surface area (Å²) in [4.78, 5) is 12.7. The summed E-state index contributed by atoms with van der Waals surface area (Å²) >= 11 is 0. The van der Waals surface area contributed by atoms with Gasteiger partial charge in [0, 0.05) is 18.7 Å². The van der Waals surface area contributed by atoms with E-state index in [0.717, 1.165) is 11.1 Å². The maximum Gasteiger partial charge on any atom is 0.338 e. The second-order valence-corrected chi connectivity index (χ2v) is 8.79. The summed E-state index contributed by atoms with van der Waals surface area (Å²) in [5.41, 5.74) is 2.53. The predicted molar refractivity (Wildman–Crippen MR) is 108 cm³/mol. The van der Waals surface area contributed by atoms with Gasteiger partial charge in [-0.1, -0.05) is 17.7 Å². The van der Waals surface area contributed by atoms with Gasteiger partial charge in [0.2, 0.25) is 10.0 Å². The zero-order valence-electron chi connectivity index (χ0n) is 16.8. The highest BCUT2D eigenvalue weighted by molar-refractivity contribution is 7.89. The van der Waals surface area contributed by atoms with Crippen LogP contribution in [0.4, 0.5) is 0 Å². The van der Waals surface area contributed by atoms with E-state index >= 15 is 0 Å². The molecule has 2 aromatic rings. The highest BCUT2D eigenvalue weighted by Crippen LogP contribution is 2.24. The standard InChI is InChI=1S/C21H25NO6S/c1-15-4-7-19(26-3)18(12-15)14-28-21(23)17-6-5-16(2)20(13-17)29(24,25)22-8-10-27-11-9-22/h4-7,12-13H,8-11,14H2,1-3H3. The van der Waals surface area contributed by atoms with Gasteiger partial charge in [0.15, 0.2) is 0 Å². The van der Waals surface area contributed by atoms with Crippen molar-refractivity contribution in [1.82, 2.24) is 4.31 Å². The van der Waals surface area contributed by atoms with Gasteiger partial charge >= 0.3 is 5.97 Å². The van der Waals surface area contributed by atoms with Crippen molar-refractivity contribution < 1.29 is 27.4 Å². The normalized spacial score (nSPS) is 15.1. The van der Waals surface area contributed by atoms with Crippen molar-refractivity contribution in [2.45, 2.75) is 25.3 Å². The highest BCUT2D eigenvalue weighted by atomic mass is 32.2. The number of morpholine rings is 1. The van der Waals surface area contributed by atoms with E-state index in [0.29, 0.717) is 37.6 Å². The van der Waals surface area contributed by atoms with E-state index in [9.17, 15) is 13.2 Å². The third-order valence-electron chi connectivity index (χ3n) is 4.81. The number of esters is 1. The fraction of sp³-hybridized carbons (Fsp3) is 0.381. The summed E-state index contributed by atoms with van der Waals surface area (Å²) < 4.78 is 43.3. The Morgan fingerprint density at radius 1 is 1.10 bits per heavy atom. The van der Waals surface area contributed by atoms with Crippen molar-refractivity contribution in [2.24, 2.45) is 0 Å². The molecule has 1 saturated heterocycles. The third kappa shape index (κ3) is 4.77. The first kappa shape index (κ1) is 21.3. The third-order valence-corrected chi connectivity index (χ3v) is 6.85. The summed E-state index contributed by atoms with van der Waals surface area (Å²) in [5.74, 6) is 0.0369. The molecule has 1 heterocycles. The molecule has 0 amide bonds. The summed E-state index contributed by atoms with van der Waals surface area (Å²) in [5, 5.41) is 0. The lowest BCUT2D eigenvalue weighted by Crippen LogP contribution is -2.40. The van der Waals surface area contributed by atoms with E-state index in [-0.39, 0.29) is 17.1 Å². The van der Waals surface area contributed by atoms with Crippen LogP contribution in [0.1, 0.15) is 27.0 Å². The summed E-state index contributed by atoms with van der Waals surface area (Å²) in [6.45, 7) is 4.99. The van der Waals surface area contributed by atoms with Gasteiger partial charge in [-0.2, -0.15) is 4.31 Å². The zero-order chi connectivity index (χ0) is 21.0. The van der Waals surface area contributed by atoms with Crippen molar-refractivity contribution in [1.29, 1.82) is 0 Å². The van der Waals surface area contributed by atoms with Gasteiger partial charge in [-0.15, -0.1) is 0 Å². The Bertz CT molecular complexity index is 996. The van der Waals surface area contributed by atoms with E-state index in [1.54, 1.807) is 26.2 Å². The molecule has 0 aliphatic carbocycles. The predicted octanol–water partition coefficient (Wildman–Crippen LogP) is 2.69. The molecule has 0 atom stereocenters. The Hall–Kier alpha value is -2.42. The first-order valence-corrected chi connectivity index (χ1v) is 10.8. The number of carbonyl (C=O) groups excluding carboxylic acids is 1. The number of ether oxygens (including phenoxy) is 3. The van der Waals surface area contributed by atoms with Crippen LogP contribution in [0.15, 0.2) is 41.3 Å². The number of methoxy groups -OCH3 is 1. The van der Waals surface area contributed by atoms with Crippen LogP contribution in [-0.4, -0.2) is 52.1 Å². The Balaban J connectivity index is 1.80. The Morgan fingerprint density at radius 2 is 1.83 bits per heavy atom. The SMILES string of the molecule is COc1ccc(C)cc1COC(=O)c1ccc(C)c(S(=O)(=O)N2CCOCC2)c1. The average Bonchev–Trinajstić information content (AvgIpc) is 2.73. The van der Waals surface area contributed by atoms with Gasteiger partial charge in [0.1, 0.15) is 12.4 Å². The Kier molecular flexibility index (Phi) is 6.56. The van der Waals surface area contributed by atoms with Gasteiger partial charge in [0.05, 0.1) is 30.8 Å². The number of aryl methyl sites for hydroxylation is 2. The largest absolute Gasteiger partial charge is 0.496 e. The molecule has 0 radical (unpaired) electrons. The van der Waals surface area contributed by atoms with Crippen molar-refractivity contribution in [3.8, 4) is 5.75 Å². The lowest BCUT2D eigenvalue weighted by atomic mass is 10.1. The number of carbonyl (C=O) groups is 1. The van der Waals surface area contributed by atoms with Crippen LogP contribution in [0.25, 0.3) is 0 Å². The van der Waals surface area contributed by atoms with Crippen LogP contribution in [0, 0.1) is 13.8 Å². The second-order valence-electron chi connectivity index (χ2n) is 6.89. The summed E-state index contributed by atoms with van der Waals surface area (Å²) in [6, 6.07) is 10.2. The molecule has 8 heteroatoms. The van der Waals surface area contributed by atoms with Gasteiger partial charge in [-0.05, 0) is 43.7 Å². The molecule has 1 fully saturated rings. The maximum atomic E-state index is 13.0. The molecule has 3 rings (SSSR count). The van der Waals surface area contributed by atoms with Crippen LogP contribution < -0.4 is 4.74 Å². The molecular weight excluding hydrogens is 394 g/mol. The molecule has 0 bridgehead atoms. The van der Waals surface area contributed by atoms with E-state index in [2.05, 4.69) is 0 Å². The molecular formula is C21H25NO6S. The smallest absolute Gasteiger partial charge is 0.338 e. The molecule has 0 N–H and O–H groups in total. The monoisotopic (exact) mass is 419 g/mol. The van der Waals surface area contributed by atoms with E-state index < -0.39 is 16.0 Å². The highest BCUT2D eigenvalue weighted by Gasteiger charge is 2.28. The Labute approximate surface area is 171 Å². The fourth-order valence-electron chi connectivity index (χ4n) is 3.18. The summed E-state index contributed by atoms with van der Waals surface area (Å²) in [6.07, 6.45) is 0.